The van der Waals surface area contributed by atoms with Gasteiger partial charge in [-0.15, -0.1) is 0 Å². The second kappa shape index (κ2) is 3.15. The first-order chi connectivity index (χ1) is 5.15. The Labute approximate surface area is 68.6 Å². The molecular formula is C7H7ClFNO. The van der Waals surface area contributed by atoms with Gasteiger partial charge in [0.05, 0.1) is 12.3 Å². The highest BCUT2D eigenvalue weighted by molar-refractivity contribution is 6.30. The van der Waals surface area contributed by atoms with Crippen molar-refractivity contribution in [2.75, 3.05) is 0 Å². The van der Waals surface area contributed by atoms with Crippen LogP contribution in [0.4, 0.5) is 4.39 Å². The van der Waals surface area contributed by atoms with Crippen LogP contribution in [0.5, 0.6) is 0 Å². The fourth-order valence-corrected chi connectivity index (χ4v) is 0.941. The summed E-state index contributed by atoms with van der Waals surface area (Å²) in [5.41, 5.74) is 0.557. The predicted octanol–water partition coefficient (Wildman–Crippen LogP) is 1.67. The fraction of sp³-hybridized carbons (Fsp3) is 0.286. The van der Waals surface area contributed by atoms with Crippen LogP contribution in [0.3, 0.4) is 0 Å². The highest BCUT2D eigenvalue weighted by Crippen LogP contribution is 2.15. The summed E-state index contributed by atoms with van der Waals surface area (Å²) < 4.78 is 12.7. The number of aromatic nitrogens is 1. The van der Waals surface area contributed by atoms with E-state index in [0.717, 1.165) is 0 Å². The highest BCUT2D eigenvalue weighted by Gasteiger charge is 2.05. The molecule has 60 valence electrons. The summed E-state index contributed by atoms with van der Waals surface area (Å²) in [6.45, 7) is 1.23. The predicted molar refractivity (Wildman–Crippen MR) is 39.9 cm³/mol. The number of aliphatic hydroxyl groups excluding tert-OH is 1. The van der Waals surface area contributed by atoms with Gasteiger partial charge in [-0.2, -0.15) is 0 Å². The van der Waals surface area contributed by atoms with Crippen LogP contribution < -0.4 is 0 Å². The molecule has 1 aromatic rings. The Kier molecular flexibility index (Phi) is 2.42. The first-order valence-electron chi connectivity index (χ1n) is 3.07. The molecule has 0 radical (unpaired) electrons. The van der Waals surface area contributed by atoms with E-state index in [1.165, 1.54) is 13.0 Å². The van der Waals surface area contributed by atoms with Gasteiger partial charge in [-0.05, 0) is 13.0 Å². The van der Waals surface area contributed by atoms with E-state index in [1.54, 1.807) is 0 Å². The largest absolute Gasteiger partial charge is 0.392 e. The molecule has 0 amide bonds. The molecule has 11 heavy (non-hydrogen) atoms. The van der Waals surface area contributed by atoms with Crippen LogP contribution >= 0.6 is 11.6 Å². The molecule has 1 aromatic heterocycles. The normalized spacial score (nSPS) is 10.2. The standard InChI is InChI=1S/C7H7ClFNO/c1-4-6(9)2-5(3-11)7(8)10-4/h2,11H,3H2,1H3. The van der Waals surface area contributed by atoms with Crippen LogP contribution in [-0.4, -0.2) is 10.1 Å². The molecule has 0 aliphatic rings. The van der Waals surface area contributed by atoms with E-state index >= 15 is 0 Å². The Morgan fingerprint density at radius 1 is 1.73 bits per heavy atom. The molecule has 0 spiro atoms. The van der Waals surface area contributed by atoms with Crippen molar-refractivity contribution in [1.82, 2.24) is 4.98 Å². The van der Waals surface area contributed by atoms with Gasteiger partial charge in [0.25, 0.3) is 0 Å². The number of rotatable bonds is 1. The number of aryl methyl sites for hydroxylation is 1. The second-order valence-electron chi connectivity index (χ2n) is 2.16. The Bertz CT molecular complexity index is 277. The van der Waals surface area contributed by atoms with E-state index in [9.17, 15) is 4.39 Å². The topological polar surface area (TPSA) is 33.1 Å². The first kappa shape index (κ1) is 8.43. The summed E-state index contributed by atoms with van der Waals surface area (Å²) >= 11 is 5.56. The minimum atomic E-state index is -0.446. The average Bonchev–Trinajstić information content (AvgIpc) is 1.97. The van der Waals surface area contributed by atoms with Crippen LogP contribution in [0, 0.1) is 12.7 Å². The van der Waals surface area contributed by atoms with Crippen LogP contribution in [0.15, 0.2) is 6.07 Å². The summed E-state index contributed by atoms with van der Waals surface area (Å²) in [7, 11) is 0. The van der Waals surface area contributed by atoms with Crippen molar-refractivity contribution < 1.29 is 9.50 Å². The summed E-state index contributed by atoms with van der Waals surface area (Å²) in [5, 5.41) is 8.80. The Hall–Kier alpha value is -0.670. The third kappa shape index (κ3) is 1.67. The lowest BCUT2D eigenvalue weighted by Gasteiger charge is -2.01. The average molecular weight is 176 g/mol. The van der Waals surface area contributed by atoms with Gasteiger partial charge in [-0.1, -0.05) is 11.6 Å². The van der Waals surface area contributed by atoms with Crippen molar-refractivity contribution in [2.24, 2.45) is 0 Å². The lowest BCUT2D eigenvalue weighted by Crippen LogP contribution is -1.94. The lowest BCUT2D eigenvalue weighted by atomic mass is 10.2. The number of pyridine rings is 1. The monoisotopic (exact) mass is 175 g/mol. The third-order valence-electron chi connectivity index (χ3n) is 1.35. The van der Waals surface area contributed by atoms with Crippen molar-refractivity contribution in [1.29, 1.82) is 0 Å². The molecule has 1 rings (SSSR count). The SMILES string of the molecule is Cc1nc(Cl)c(CO)cc1F. The number of aliphatic hydroxyl groups is 1. The molecule has 0 aliphatic heterocycles. The summed E-state index contributed by atoms with van der Waals surface area (Å²) in [5.74, 6) is -0.446. The van der Waals surface area contributed by atoms with E-state index in [0.29, 0.717) is 5.56 Å². The molecule has 0 saturated heterocycles. The maximum absolute atomic E-state index is 12.7. The van der Waals surface area contributed by atoms with Crippen LogP contribution in [0.25, 0.3) is 0 Å². The van der Waals surface area contributed by atoms with Gasteiger partial charge < -0.3 is 5.11 Å². The molecule has 0 fully saturated rings. The van der Waals surface area contributed by atoms with Crippen molar-refractivity contribution in [3.63, 3.8) is 0 Å². The molecule has 2 nitrogen and oxygen atoms in total. The Morgan fingerprint density at radius 3 is 2.91 bits per heavy atom. The molecule has 0 atom stereocenters. The summed E-state index contributed by atoms with van der Waals surface area (Å²) in [6.07, 6.45) is 0. The van der Waals surface area contributed by atoms with Gasteiger partial charge in [0.15, 0.2) is 0 Å². The molecular weight excluding hydrogens is 169 g/mol. The first-order valence-corrected chi connectivity index (χ1v) is 3.45. The van der Waals surface area contributed by atoms with Gasteiger partial charge in [0.1, 0.15) is 11.0 Å². The van der Waals surface area contributed by atoms with Crippen molar-refractivity contribution in [2.45, 2.75) is 13.5 Å². The number of halogens is 2. The van der Waals surface area contributed by atoms with Crippen molar-refractivity contribution >= 4 is 11.6 Å². The van der Waals surface area contributed by atoms with Crippen LogP contribution in [-0.2, 0) is 6.61 Å². The van der Waals surface area contributed by atoms with Crippen molar-refractivity contribution in [3.8, 4) is 0 Å². The molecule has 4 heteroatoms. The highest BCUT2D eigenvalue weighted by atomic mass is 35.5. The van der Waals surface area contributed by atoms with Gasteiger partial charge in [0, 0.05) is 5.56 Å². The molecule has 1 heterocycles. The molecule has 1 N–H and O–H groups in total. The number of hydrogen-bond acceptors (Lipinski definition) is 2. The van der Waals surface area contributed by atoms with Crippen molar-refractivity contribution in [3.05, 3.63) is 28.3 Å². The third-order valence-corrected chi connectivity index (χ3v) is 1.68. The Morgan fingerprint density at radius 2 is 2.36 bits per heavy atom. The zero-order valence-electron chi connectivity index (χ0n) is 5.93. The second-order valence-corrected chi connectivity index (χ2v) is 2.52. The van der Waals surface area contributed by atoms with Gasteiger partial charge in [-0.25, -0.2) is 9.37 Å². The van der Waals surface area contributed by atoms with Gasteiger partial charge in [0.2, 0.25) is 0 Å². The molecule has 0 aliphatic carbocycles. The summed E-state index contributed by atoms with van der Waals surface area (Å²) in [6, 6.07) is 1.19. The number of hydrogen-bond donors (Lipinski definition) is 1. The zero-order valence-corrected chi connectivity index (χ0v) is 6.69. The van der Waals surface area contributed by atoms with E-state index < -0.39 is 5.82 Å². The minimum absolute atomic E-state index is 0.159. The quantitative estimate of drug-likeness (QED) is 0.659. The van der Waals surface area contributed by atoms with Gasteiger partial charge >= 0.3 is 0 Å². The maximum Gasteiger partial charge on any atom is 0.144 e. The van der Waals surface area contributed by atoms with E-state index in [1.807, 2.05) is 0 Å². The fourth-order valence-electron chi connectivity index (χ4n) is 0.700. The Balaban J connectivity index is 3.21. The molecule has 0 unspecified atom stereocenters. The molecule has 0 bridgehead atoms. The van der Waals surface area contributed by atoms with Crippen LogP contribution in [0.2, 0.25) is 5.15 Å². The minimum Gasteiger partial charge on any atom is -0.392 e. The van der Waals surface area contributed by atoms with E-state index in [-0.39, 0.29) is 17.5 Å². The zero-order chi connectivity index (χ0) is 8.43. The van der Waals surface area contributed by atoms with Gasteiger partial charge in [-0.3, -0.25) is 0 Å². The lowest BCUT2D eigenvalue weighted by molar-refractivity contribution is 0.280. The summed E-state index contributed by atoms with van der Waals surface area (Å²) in [4.78, 5) is 3.67. The number of nitrogens with zero attached hydrogens (tertiary/aromatic N) is 1. The molecule has 0 saturated carbocycles. The molecule has 0 aromatic carbocycles. The van der Waals surface area contributed by atoms with E-state index in [4.69, 9.17) is 16.7 Å². The van der Waals surface area contributed by atoms with E-state index in [2.05, 4.69) is 4.98 Å². The van der Waals surface area contributed by atoms with Crippen LogP contribution in [0.1, 0.15) is 11.3 Å². The maximum atomic E-state index is 12.7. The smallest absolute Gasteiger partial charge is 0.144 e.